The van der Waals surface area contributed by atoms with E-state index in [1.807, 2.05) is 49.6 Å². The van der Waals surface area contributed by atoms with Crippen molar-refractivity contribution in [2.45, 2.75) is 24.9 Å². The molecule has 1 atom stereocenters. The van der Waals surface area contributed by atoms with E-state index in [1.54, 1.807) is 0 Å². The molecule has 25 heavy (non-hydrogen) atoms. The van der Waals surface area contributed by atoms with Crippen molar-refractivity contribution in [3.63, 3.8) is 0 Å². The highest BCUT2D eigenvalue weighted by Gasteiger charge is 2.15. The van der Waals surface area contributed by atoms with Crippen LogP contribution >= 0.6 is 23.1 Å². The predicted octanol–water partition coefficient (Wildman–Crippen LogP) is 3.41. The molecule has 3 aromatic rings. The van der Waals surface area contributed by atoms with Crippen LogP contribution in [0.3, 0.4) is 0 Å². The summed E-state index contributed by atoms with van der Waals surface area (Å²) in [5.74, 6) is 1.08. The van der Waals surface area contributed by atoms with Crippen LogP contribution in [0.4, 0.5) is 0 Å². The Hall–Kier alpha value is -2.12. The van der Waals surface area contributed by atoms with Gasteiger partial charge in [-0.05, 0) is 19.4 Å². The number of rotatable bonds is 6. The minimum atomic E-state index is -0.191. The van der Waals surface area contributed by atoms with Crippen molar-refractivity contribution >= 4 is 39.2 Å². The third-order valence-electron chi connectivity index (χ3n) is 3.77. The topological polar surface area (TPSA) is 74.8 Å². The first-order valence-corrected chi connectivity index (χ1v) is 9.98. The average Bonchev–Trinajstić information content (AvgIpc) is 3.05. The smallest absolute Gasteiger partial charge is 0.260 e. The Kier molecular flexibility index (Phi) is 5.55. The second kappa shape index (κ2) is 7.84. The first-order valence-electron chi connectivity index (χ1n) is 8.05. The van der Waals surface area contributed by atoms with Crippen LogP contribution in [-0.4, -0.2) is 27.7 Å². The SMILES string of the molecule is CCNC(=O)C(C)SCc1nc2scc(-c3ccccc3)c2c(=O)[nH]1. The fraction of sp³-hybridized carbons (Fsp3) is 0.278. The van der Waals surface area contributed by atoms with Crippen molar-refractivity contribution in [3.05, 3.63) is 51.9 Å². The highest BCUT2D eigenvalue weighted by Crippen LogP contribution is 2.30. The van der Waals surface area contributed by atoms with Crippen molar-refractivity contribution in [2.75, 3.05) is 6.54 Å². The van der Waals surface area contributed by atoms with E-state index in [-0.39, 0.29) is 16.7 Å². The van der Waals surface area contributed by atoms with Gasteiger partial charge in [-0.25, -0.2) is 4.98 Å². The van der Waals surface area contributed by atoms with E-state index in [9.17, 15) is 9.59 Å². The third-order valence-corrected chi connectivity index (χ3v) is 5.79. The molecule has 3 rings (SSSR count). The number of amides is 1. The zero-order valence-electron chi connectivity index (χ0n) is 14.0. The molecule has 0 saturated heterocycles. The molecule has 0 spiro atoms. The molecule has 1 amide bonds. The number of thiophene rings is 1. The summed E-state index contributed by atoms with van der Waals surface area (Å²) >= 11 is 2.92. The number of aromatic nitrogens is 2. The van der Waals surface area contributed by atoms with Gasteiger partial charge in [-0.1, -0.05) is 30.3 Å². The molecule has 0 bridgehead atoms. The average molecular weight is 374 g/mol. The molecule has 7 heteroatoms. The highest BCUT2D eigenvalue weighted by atomic mass is 32.2. The molecule has 0 saturated carbocycles. The van der Waals surface area contributed by atoms with Crippen molar-refractivity contribution < 1.29 is 4.79 Å². The minimum absolute atomic E-state index is 0.00147. The van der Waals surface area contributed by atoms with Crippen LogP contribution in [0.5, 0.6) is 0 Å². The van der Waals surface area contributed by atoms with Gasteiger partial charge in [0.25, 0.3) is 5.56 Å². The van der Waals surface area contributed by atoms with Crippen LogP contribution in [0.15, 0.2) is 40.5 Å². The van der Waals surface area contributed by atoms with Gasteiger partial charge in [0.2, 0.25) is 5.91 Å². The first kappa shape index (κ1) is 17.7. The number of nitrogens with zero attached hydrogens (tertiary/aromatic N) is 1. The monoisotopic (exact) mass is 373 g/mol. The number of thioether (sulfide) groups is 1. The van der Waals surface area contributed by atoms with Gasteiger partial charge in [0, 0.05) is 17.5 Å². The van der Waals surface area contributed by atoms with Gasteiger partial charge in [0.1, 0.15) is 10.7 Å². The van der Waals surface area contributed by atoms with Gasteiger partial charge in [-0.2, -0.15) is 0 Å². The van der Waals surface area contributed by atoms with E-state index in [1.165, 1.54) is 23.1 Å². The number of H-pyrrole nitrogens is 1. The molecular formula is C18H19N3O2S2. The van der Waals surface area contributed by atoms with Crippen LogP contribution in [0.25, 0.3) is 21.3 Å². The molecule has 0 radical (unpaired) electrons. The lowest BCUT2D eigenvalue weighted by Crippen LogP contribution is -2.30. The molecule has 2 heterocycles. The first-order chi connectivity index (χ1) is 12.1. The minimum Gasteiger partial charge on any atom is -0.355 e. The largest absolute Gasteiger partial charge is 0.355 e. The summed E-state index contributed by atoms with van der Waals surface area (Å²) in [4.78, 5) is 32.5. The molecule has 130 valence electrons. The Morgan fingerprint density at radius 2 is 2.12 bits per heavy atom. The maximum atomic E-state index is 12.6. The fourth-order valence-corrected chi connectivity index (χ4v) is 4.24. The Balaban J connectivity index is 1.84. The summed E-state index contributed by atoms with van der Waals surface area (Å²) in [5.41, 5.74) is 1.78. The van der Waals surface area contributed by atoms with E-state index >= 15 is 0 Å². The molecule has 0 aliphatic rings. The number of carbonyl (C=O) groups is 1. The zero-order valence-corrected chi connectivity index (χ0v) is 15.7. The summed E-state index contributed by atoms with van der Waals surface area (Å²) in [6, 6.07) is 9.82. The quantitative estimate of drug-likeness (QED) is 0.694. The Bertz CT molecular complexity index is 934. The number of benzene rings is 1. The van der Waals surface area contributed by atoms with Gasteiger partial charge in [-0.3, -0.25) is 9.59 Å². The van der Waals surface area contributed by atoms with Gasteiger partial charge >= 0.3 is 0 Å². The van der Waals surface area contributed by atoms with Gasteiger partial charge < -0.3 is 10.3 Å². The summed E-state index contributed by atoms with van der Waals surface area (Å²) < 4.78 is 0. The van der Waals surface area contributed by atoms with Crippen molar-refractivity contribution in [2.24, 2.45) is 0 Å². The Morgan fingerprint density at radius 1 is 1.36 bits per heavy atom. The van der Waals surface area contributed by atoms with Crippen LogP contribution in [0, 0.1) is 0 Å². The summed E-state index contributed by atoms with van der Waals surface area (Å²) in [6.07, 6.45) is 0. The van der Waals surface area contributed by atoms with Gasteiger partial charge in [0.05, 0.1) is 16.4 Å². The summed E-state index contributed by atoms with van der Waals surface area (Å²) in [5, 5.41) is 5.20. The lowest BCUT2D eigenvalue weighted by Gasteiger charge is -2.10. The second-order valence-electron chi connectivity index (χ2n) is 5.56. The maximum Gasteiger partial charge on any atom is 0.260 e. The van der Waals surface area contributed by atoms with E-state index in [0.29, 0.717) is 23.5 Å². The summed E-state index contributed by atoms with van der Waals surface area (Å²) in [7, 11) is 0. The Labute approximate surface area is 153 Å². The van der Waals surface area contributed by atoms with Crippen LogP contribution in [0.1, 0.15) is 19.7 Å². The van der Waals surface area contributed by atoms with E-state index in [2.05, 4.69) is 15.3 Å². The maximum absolute atomic E-state index is 12.6. The molecule has 0 aliphatic carbocycles. The van der Waals surface area contributed by atoms with Crippen molar-refractivity contribution in [3.8, 4) is 11.1 Å². The Morgan fingerprint density at radius 3 is 2.84 bits per heavy atom. The number of fused-ring (bicyclic) bond motifs is 1. The standard InChI is InChI=1S/C18H19N3O2S2/c1-3-19-16(22)11(2)24-10-14-20-17(23)15-13(9-25-18(15)21-14)12-7-5-4-6-8-12/h4-9,11H,3,10H2,1-2H3,(H,19,22)(H,20,21,23). The molecule has 0 fully saturated rings. The highest BCUT2D eigenvalue weighted by molar-refractivity contribution is 7.99. The van der Waals surface area contributed by atoms with Crippen molar-refractivity contribution in [1.82, 2.24) is 15.3 Å². The van der Waals surface area contributed by atoms with Gasteiger partial charge in [-0.15, -0.1) is 23.1 Å². The molecule has 1 aromatic carbocycles. The lowest BCUT2D eigenvalue weighted by molar-refractivity contribution is -0.120. The molecule has 5 nitrogen and oxygen atoms in total. The summed E-state index contributed by atoms with van der Waals surface area (Å²) in [6.45, 7) is 4.36. The number of aromatic amines is 1. The van der Waals surface area contributed by atoms with E-state index in [0.717, 1.165) is 16.0 Å². The molecule has 0 aliphatic heterocycles. The normalized spacial score (nSPS) is 12.2. The fourth-order valence-electron chi connectivity index (χ4n) is 2.49. The molecule has 1 unspecified atom stereocenters. The van der Waals surface area contributed by atoms with Gasteiger partial charge in [0.15, 0.2) is 0 Å². The number of carbonyl (C=O) groups excluding carboxylic acids is 1. The predicted molar refractivity (Wildman–Crippen MR) is 105 cm³/mol. The lowest BCUT2D eigenvalue weighted by atomic mass is 10.1. The number of hydrogen-bond donors (Lipinski definition) is 2. The van der Waals surface area contributed by atoms with E-state index in [4.69, 9.17) is 0 Å². The van der Waals surface area contributed by atoms with Crippen molar-refractivity contribution in [1.29, 1.82) is 0 Å². The molecular weight excluding hydrogens is 354 g/mol. The third kappa shape index (κ3) is 3.93. The zero-order chi connectivity index (χ0) is 17.8. The number of nitrogens with one attached hydrogen (secondary N) is 2. The number of hydrogen-bond acceptors (Lipinski definition) is 5. The molecule has 2 aromatic heterocycles. The van der Waals surface area contributed by atoms with E-state index < -0.39 is 0 Å². The molecule has 2 N–H and O–H groups in total. The van der Waals surface area contributed by atoms with Crippen LogP contribution in [0.2, 0.25) is 0 Å². The second-order valence-corrected chi connectivity index (χ2v) is 7.74. The van der Waals surface area contributed by atoms with Crippen LogP contribution in [-0.2, 0) is 10.5 Å². The van der Waals surface area contributed by atoms with Crippen LogP contribution < -0.4 is 10.9 Å².